The summed E-state index contributed by atoms with van der Waals surface area (Å²) in [4.78, 5) is 13.6. The number of carbonyl (C=O) groups excluding carboxylic acids is 1. The molecule has 0 bridgehead atoms. The van der Waals surface area contributed by atoms with Gasteiger partial charge in [0.1, 0.15) is 6.61 Å². The number of rotatable bonds is 4. The highest BCUT2D eigenvalue weighted by atomic mass is 16.5. The number of hydrogen-bond acceptors (Lipinski definition) is 3. The average Bonchev–Trinajstić information content (AvgIpc) is 2.04. The van der Waals surface area contributed by atoms with Crippen LogP contribution in [0.4, 0.5) is 0 Å². The highest BCUT2D eigenvalue weighted by molar-refractivity contribution is 5.79. The lowest BCUT2D eigenvalue weighted by atomic mass is 9.93. The van der Waals surface area contributed by atoms with Crippen molar-refractivity contribution in [2.75, 3.05) is 33.9 Å². The number of methoxy groups -OCH3 is 1. The van der Waals surface area contributed by atoms with E-state index in [1.807, 2.05) is 0 Å². The van der Waals surface area contributed by atoms with E-state index < -0.39 is 0 Å². The van der Waals surface area contributed by atoms with Crippen LogP contribution in [0.15, 0.2) is 0 Å². The molecule has 1 aliphatic rings. The molecule has 0 saturated carbocycles. The number of nitrogens with zero attached hydrogens (tertiary/aromatic N) is 1. The van der Waals surface area contributed by atoms with Crippen LogP contribution in [-0.4, -0.2) is 44.5 Å². The summed E-state index contributed by atoms with van der Waals surface area (Å²) in [5.41, 5.74) is 0. The van der Waals surface area contributed by atoms with Gasteiger partial charge in [0.2, 0.25) is 0 Å². The third kappa shape index (κ3) is 3.87. The first-order valence-electron chi connectivity index (χ1n) is 4.91. The molecular formula is C10H19NO2. The Hall–Kier alpha value is -0.410. The molecule has 0 aromatic heterocycles. The summed E-state index contributed by atoms with van der Waals surface area (Å²) in [6.07, 6.45) is 3.11. The predicted molar refractivity (Wildman–Crippen MR) is 51.7 cm³/mol. The van der Waals surface area contributed by atoms with Gasteiger partial charge in [-0.1, -0.05) is 0 Å². The van der Waals surface area contributed by atoms with Crippen LogP contribution in [0.2, 0.25) is 0 Å². The standard InChI is InChI=1S/C10H19NO2/c1-11-5-3-4-9(7-11)6-10(12)8-13-2/h9H,3-8H2,1-2H3. The number of piperidine rings is 1. The number of Topliss-reactive ketones (excluding diaryl/α,β-unsaturated/α-hetero) is 1. The number of likely N-dealkylation sites (tertiary alicyclic amines) is 1. The van der Waals surface area contributed by atoms with Crippen LogP contribution in [-0.2, 0) is 9.53 Å². The summed E-state index contributed by atoms with van der Waals surface area (Å²) in [7, 11) is 3.69. The quantitative estimate of drug-likeness (QED) is 0.652. The van der Waals surface area contributed by atoms with Crippen molar-refractivity contribution in [1.29, 1.82) is 0 Å². The highest BCUT2D eigenvalue weighted by Gasteiger charge is 2.19. The Balaban J connectivity index is 2.23. The zero-order valence-corrected chi connectivity index (χ0v) is 8.58. The summed E-state index contributed by atoms with van der Waals surface area (Å²) in [6, 6.07) is 0. The lowest BCUT2D eigenvalue weighted by Crippen LogP contribution is -2.33. The van der Waals surface area contributed by atoms with Crippen molar-refractivity contribution >= 4 is 5.78 Å². The molecule has 1 aliphatic heterocycles. The van der Waals surface area contributed by atoms with Crippen molar-refractivity contribution in [3.05, 3.63) is 0 Å². The van der Waals surface area contributed by atoms with E-state index in [1.54, 1.807) is 7.11 Å². The molecule has 0 spiro atoms. The summed E-state index contributed by atoms with van der Waals surface area (Å²) in [5, 5.41) is 0. The van der Waals surface area contributed by atoms with Gasteiger partial charge in [-0.3, -0.25) is 4.79 Å². The topological polar surface area (TPSA) is 29.5 Å². The zero-order chi connectivity index (χ0) is 9.68. The molecule has 13 heavy (non-hydrogen) atoms. The third-order valence-corrected chi connectivity index (χ3v) is 2.54. The first-order chi connectivity index (χ1) is 6.22. The van der Waals surface area contributed by atoms with Crippen LogP contribution in [0.25, 0.3) is 0 Å². The second-order valence-electron chi connectivity index (χ2n) is 3.95. The Morgan fingerprint density at radius 3 is 3.00 bits per heavy atom. The van der Waals surface area contributed by atoms with E-state index in [0.717, 1.165) is 6.54 Å². The molecule has 0 radical (unpaired) electrons. The third-order valence-electron chi connectivity index (χ3n) is 2.54. The fourth-order valence-corrected chi connectivity index (χ4v) is 1.98. The van der Waals surface area contributed by atoms with Crippen molar-refractivity contribution in [3.63, 3.8) is 0 Å². The van der Waals surface area contributed by atoms with Crippen molar-refractivity contribution in [3.8, 4) is 0 Å². The maximum atomic E-state index is 11.3. The van der Waals surface area contributed by atoms with Gasteiger partial charge in [0, 0.05) is 20.1 Å². The van der Waals surface area contributed by atoms with Crippen molar-refractivity contribution in [2.24, 2.45) is 5.92 Å². The van der Waals surface area contributed by atoms with Gasteiger partial charge in [-0.25, -0.2) is 0 Å². The van der Waals surface area contributed by atoms with Gasteiger partial charge < -0.3 is 9.64 Å². The van der Waals surface area contributed by atoms with Gasteiger partial charge in [-0.2, -0.15) is 0 Å². The van der Waals surface area contributed by atoms with E-state index in [-0.39, 0.29) is 12.4 Å². The molecule has 0 aromatic carbocycles. The van der Waals surface area contributed by atoms with E-state index in [0.29, 0.717) is 12.3 Å². The molecule has 0 aromatic rings. The molecule has 1 heterocycles. The van der Waals surface area contributed by atoms with Crippen LogP contribution < -0.4 is 0 Å². The van der Waals surface area contributed by atoms with Gasteiger partial charge in [0.05, 0.1) is 0 Å². The second-order valence-corrected chi connectivity index (χ2v) is 3.95. The Kier molecular flexibility index (Phi) is 4.39. The first-order valence-corrected chi connectivity index (χ1v) is 4.91. The van der Waals surface area contributed by atoms with Crippen LogP contribution in [0, 0.1) is 5.92 Å². The zero-order valence-electron chi connectivity index (χ0n) is 8.58. The Labute approximate surface area is 80.1 Å². The molecule has 3 nitrogen and oxygen atoms in total. The van der Waals surface area contributed by atoms with Gasteiger partial charge in [-0.05, 0) is 32.4 Å². The summed E-state index contributed by atoms with van der Waals surface area (Å²) in [5.74, 6) is 0.796. The first kappa shape index (κ1) is 10.7. The van der Waals surface area contributed by atoms with E-state index in [9.17, 15) is 4.79 Å². The molecular weight excluding hydrogens is 166 g/mol. The van der Waals surface area contributed by atoms with E-state index >= 15 is 0 Å². The van der Waals surface area contributed by atoms with Crippen molar-refractivity contribution in [1.82, 2.24) is 4.90 Å². The summed E-state index contributed by atoms with van der Waals surface area (Å²) >= 11 is 0. The smallest absolute Gasteiger partial charge is 0.158 e. The minimum absolute atomic E-state index is 0.239. The van der Waals surface area contributed by atoms with Gasteiger partial charge in [-0.15, -0.1) is 0 Å². The van der Waals surface area contributed by atoms with E-state index in [2.05, 4.69) is 11.9 Å². The molecule has 1 rings (SSSR count). The van der Waals surface area contributed by atoms with Crippen molar-refractivity contribution in [2.45, 2.75) is 19.3 Å². The van der Waals surface area contributed by atoms with Crippen LogP contribution in [0.5, 0.6) is 0 Å². The predicted octanol–water partition coefficient (Wildman–Crippen LogP) is 0.934. The molecule has 1 atom stereocenters. The Morgan fingerprint density at radius 2 is 2.38 bits per heavy atom. The lowest BCUT2D eigenvalue weighted by molar-refractivity contribution is -0.123. The number of carbonyl (C=O) groups is 1. The van der Waals surface area contributed by atoms with Gasteiger partial charge in [0.25, 0.3) is 0 Å². The average molecular weight is 185 g/mol. The normalized spacial score (nSPS) is 24.6. The van der Waals surface area contributed by atoms with E-state index in [4.69, 9.17) is 4.74 Å². The van der Waals surface area contributed by atoms with Gasteiger partial charge in [0.15, 0.2) is 5.78 Å². The molecule has 1 unspecified atom stereocenters. The molecule has 3 heteroatoms. The fraction of sp³-hybridized carbons (Fsp3) is 0.900. The number of ether oxygens (including phenoxy) is 1. The molecule has 1 saturated heterocycles. The summed E-state index contributed by atoms with van der Waals surface area (Å²) in [6.45, 7) is 2.52. The molecule has 76 valence electrons. The highest BCUT2D eigenvalue weighted by Crippen LogP contribution is 2.18. The van der Waals surface area contributed by atoms with Crippen LogP contribution in [0.3, 0.4) is 0 Å². The van der Waals surface area contributed by atoms with Crippen molar-refractivity contribution < 1.29 is 9.53 Å². The number of ketones is 1. The maximum Gasteiger partial charge on any atom is 0.158 e. The molecule has 1 fully saturated rings. The molecule has 0 N–H and O–H groups in total. The minimum Gasteiger partial charge on any atom is -0.377 e. The Bertz CT molecular complexity index is 170. The monoisotopic (exact) mass is 185 g/mol. The number of hydrogen-bond donors (Lipinski definition) is 0. The van der Waals surface area contributed by atoms with Crippen LogP contribution >= 0.6 is 0 Å². The van der Waals surface area contributed by atoms with E-state index in [1.165, 1.54) is 19.4 Å². The largest absolute Gasteiger partial charge is 0.377 e. The Morgan fingerprint density at radius 1 is 1.62 bits per heavy atom. The van der Waals surface area contributed by atoms with Crippen LogP contribution in [0.1, 0.15) is 19.3 Å². The lowest BCUT2D eigenvalue weighted by Gasteiger charge is -2.29. The maximum absolute atomic E-state index is 11.3. The summed E-state index contributed by atoms with van der Waals surface area (Å²) < 4.78 is 4.81. The minimum atomic E-state index is 0.239. The SMILES string of the molecule is COCC(=O)CC1CCCN(C)C1. The molecule has 0 amide bonds. The molecule has 0 aliphatic carbocycles. The fourth-order valence-electron chi connectivity index (χ4n) is 1.98. The van der Waals surface area contributed by atoms with Gasteiger partial charge >= 0.3 is 0 Å². The second kappa shape index (κ2) is 5.35.